The van der Waals surface area contributed by atoms with Gasteiger partial charge in [0.2, 0.25) is 0 Å². The zero-order chi connectivity index (χ0) is 12.8. The minimum atomic E-state index is -0.319. The van der Waals surface area contributed by atoms with Crippen molar-refractivity contribution in [3.8, 4) is 0 Å². The van der Waals surface area contributed by atoms with Gasteiger partial charge in [-0.2, -0.15) is 0 Å². The highest BCUT2D eigenvalue weighted by atomic mass is 16.6. The highest BCUT2D eigenvalue weighted by molar-refractivity contribution is 5.68. The maximum atomic E-state index is 11.5. The summed E-state index contributed by atoms with van der Waals surface area (Å²) in [5.41, 5.74) is 0. The fourth-order valence-corrected chi connectivity index (χ4v) is 1.65. The number of carbonyl (C=O) groups is 2. The van der Waals surface area contributed by atoms with Crippen LogP contribution in [-0.4, -0.2) is 61.9 Å². The van der Waals surface area contributed by atoms with Crippen molar-refractivity contribution in [2.24, 2.45) is 0 Å². The second-order valence-corrected chi connectivity index (χ2v) is 4.05. The summed E-state index contributed by atoms with van der Waals surface area (Å²) in [5, 5.41) is 0. The Morgan fingerprint density at radius 1 is 1.35 bits per heavy atom. The Kier molecular flexibility index (Phi) is 5.06. The number of rotatable bonds is 2. The van der Waals surface area contributed by atoms with Crippen molar-refractivity contribution in [2.45, 2.75) is 25.9 Å². The molecule has 0 saturated carbocycles. The summed E-state index contributed by atoms with van der Waals surface area (Å²) in [6, 6.07) is 0. The van der Waals surface area contributed by atoms with Crippen molar-refractivity contribution in [1.82, 2.24) is 9.80 Å². The third-order valence-corrected chi connectivity index (χ3v) is 2.93. The summed E-state index contributed by atoms with van der Waals surface area (Å²) < 4.78 is 9.95. The van der Waals surface area contributed by atoms with Crippen LogP contribution in [0.5, 0.6) is 0 Å². The number of piperidine rings is 1. The van der Waals surface area contributed by atoms with Gasteiger partial charge in [-0.3, -0.25) is 0 Å². The first-order valence-corrected chi connectivity index (χ1v) is 5.83. The fourth-order valence-electron chi connectivity index (χ4n) is 1.65. The van der Waals surface area contributed by atoms with E-state index >= 15 is 0 Å². The molecule has 17 heavy (non-hydrogen) atoms. The van der Waals surface area contributed by atoms with Crippen molar-refractivity contribution in [2.75, 3.05) is 33.8 Å². The first kappa shape index (κ1) is 13.6. The van der Waals surface area contributed by atoms with Crippen LogP contribution in [0.2, 0.25) is 0 Å². The molecule has 2 amide bonds. The molecule has 1 fully saturated rings. The Morgan fingerprint density at radius 3 is 2.41 bits per heavy atom. The number of hydrogen-bond acceptors (Lipinski definition) is 4. The molecule has 1 aliphatic heterocycles. The molecule has 0 aromatic rings. The fraction of sp³-hybridized carbons (Fsp3) is 0.818. The molecule has 1 aliphatic rings. The molecule has 0 atom stereocenters. The highest BCUT2D eigenvalue weighted by Gasteiger charge is 2.26. The van der Waals surface area contributed by atoms with Gasteiger partial charge in [0, 0.05) is 39.5 Å². The van der Waals surface area contributed by atoms with Crippen molar-refractivity contribution in [1.29, 1.82) is 0 Å². The van der Waals surface area contributed by atoms with Gasteiger partial charge in [-0.15, -0.1) is 0 Å². The number of nitrogens with zero attached hydrogens (tertiary/aromatic N) is 2. The topological polar surface area (TPSA) is 59.1 Å². The summed E-state index contributed by atoms with van der Waals surface area (Å²) in [7, 11) is 3.07. The number of hydrogen-bond donors (Lipinski definition) is 0. The Hall–Kier alpha value is -1.46. The molecule has 0 spiro atoms. The first-order valence-electron chi connectivity index (χ1n) is 5.83. The van der Waals surface area contributed by atoms with E-state index in [1.165, 1.54) is 12.0 Å². The zero-order valence-corrected chi connectivity index (χ0v) is 10.6. The molecular weight excluding hydrogens is 224 g/mol. The first-order chi connectivity index (χ1) is 8.08. The average Bonchev–Trinajstić information content (AvgIpc) is 2.37. The number of likely N-dealkylation sites (tertiary alicyclic amines) is 1. The molecule has 98 valence electrons. The number of carbonyl (C=O) groups excluding carboxylic acids is 2. The minimum Gasteiger partial charge on any atom is -0.453 e. The second-order valence-electron chi connectivity index (χ2n) is 4.05. The Balaban J connectivity index is 2.32. The van der Waals surface area contributed by atoms with Crippen LogP contribution in [-0.2, 0) is 9.47 Å². The minimum absolute atomic E-state index is 0.0996. The van der Waals surface area contributed by atoms with Crippen LogP contribution in [0.25, 0.3) is 0 Å². The lowest BCUT2D eigenvalue weighted by Gasteiger charge is -2.31. The largest absolute Gasteiger partial charge is 0.453 e. The van der Waals surface area contributed by atoms with Crippen molar-refractivity contribution in [3.63, 3.8) is 0 Å². The van der Waals surface area contributed by atoms with Gasteiger partial charge < -0.3 is 19.3 Å². The SMILES string of the molecule is CCN(C)C(=O)OC1CCN(C(=O)OC)CC1. The van der Waals surface area contributed by atoms with E-state index in [1.54, 1.807) is 11.9 Å². The van der Waals surface area contributed by atoms with Crippen LogP contribution in [0, 0.1) is 0 Å². The molecule has 1 saturated heterocycles. The van der Waals surface area contributed by atoms with E-state index in [9.17, 15) is 9.59 Å². The molecule has 0 aromatic heterocycles. The summed E-state index contributed by atoms with van der Waals surface area (Å²) in [4.78, 5) is 25.9. The Bertz CT molecular complexity index is 275. The summed E-state index contributed by atoms with van der Waals surface area (Å²) in [5.74, 6) is 0. The van der Waals surface area contributed by atoms with Crippen LogP contribution >= 0.6 is 0 Å². The van der Waals surface area contributed by atoms with E-state index in [4.69, 9.17) is 4.74 Å². The second kappa shape index (κ2) is 6.32. The molecule has 6 heteroatoms. The molecule has 0 N–H and O–H groups in total. The standard InChI is InChI=1S/C11H20N2O4/c1-4-12(2)10(14)17-9-5-7-13(8-6-9)11(15)16-3/h9H,4-8H2,1-3H3. The summed E-state index contributed by atoms with van der Waals surface area (Å²) in [6.45, 7) is 3.65. The van der Waals surface area contributed by atoms with Gasteiger partial charge in [0.15, 0.2) is 0 Å². The maximum absolute atomic E-state index is 11.5. The predicted molar refractivity (Wildman–Crippen MR) is 61.8 cm³/mol. The van der Waals surface area contributed by atoms with E-state index in [-0.39, 0.29) is 18.3 Å². The smallest absolute Gasteiger partial charge is 0.409 e. The van der Waals surface area contributed by atoms with Crippen LogP contribution in [0.15, 0.2) is 0 Å². The molecule has 1 heterocycles. The van der Waals surface area contributed by atoms with Crippen molar-refractivity contribution in [3.05, 3.63) is 0 Å². The molecule has 1 rings (SSSR count). The van der Waals surface area contributed by atoms with Gasteiger partial charge in [-0.05, 0) is 6.92 Å². The van der Waals surface area contributed by atoms with Crippen molar-refractivity contribution >= 4 is 12.2 Å². The van der Waals surface area contributed by atoms with E-state index in [1.807, 2.05) is 6.92 Å². The van der Waals surface area contributed by atoms with Crippen molar-refractivity contribution < 1.29 is 19.1 Å². The molecule has 0 radical (unpaired) electrons. The third kappa shape index (κ3) is 3.80. The lowest BCUT2D eigenvalue weighted by atomic mass is 10.1. The zero-order valence-electron chi connectivity index (χ0n) is 10.6. The molecule has 0 unspecified atom stereocenters. The molecule has 6 nitrogen and oxygen atoms in total. The molecular formula is C11H20N2O4. The van der Waals surface area contributed by atoms with Gasteiger partial charge in [0.25, 0.3) is 0 Å². The van der Waals surface area contributed by atoms with E-state index in [0.29, 0.717) is 32.5 Å². The van der Waals surface area contributed by atoms with Gasteiger partial charge in [-0.1, -0.05) is 0 Å². The third-order valence-electron chi connectivity index (χ3n) is 2.93. The van der Waals surface area contributed by atoms with Gasteiger partial charge >= 0.3 is 12.2 Å². The monoisotopic (exact) mass is 244 g/mol. The Morgan fingerprint density at radius 2 is 1.94 bits per heavy atom. The lowest BCUT2D eigenvalue weighted by molar-refractivity contribution is 0.0321. The molecule has 0 bridgehead atoms. The maximum Gasteiger partial charge on any atom is 0.409 e. The lowest BCUT2D eigenvalue weighted by Crippen LogP contribution is -2.42. The predicted octanol–water partition coefficient (Wildman–Crippen LogP) is 1.31. The van der Waals surface area contributed by atoms with Gasteiger partial charge in [0.1, 0.15) is 6.10 Å². The normalized spacial score (nSPS) is 16.5. The quantitative estimate of drug-likeness (QED) is 0.734. The molecule has 0 aliphatic carbocycles. The van der Waals surface area contributed by atoms with E-state index in [0.717, 1.165) is 0 Å². The average molecular weight is 244 g/mol. The molecule has 0 aromatic carbocycles. The van der Waals surface area contributed by atoms with Gasteiger partial charge in [0.05, 0.1) is 7.11 Å². The highest BCUT2D eigenvalue weighted by Crippen LogP contribution is 2.15. The number of methoxy groups -OCH3 is 1. The van der Waals surface area contributed by atoms with Crippen LogP contribution in [0.1, 0.15) is 19.8 Å². The number of amides is 2. The van der Waals surface area contributed by atoms with E-state index < -0.39 is 0 Å². The summed E-state index contributed by atoms with van der Waals surface area (Å²) >= 11 is 0. The van der Waals surface area contributed by atoms with E-state index in [2.05, 4.69) is 4.74 Å². The number of ether oxygens (including phenoxy) is 2. The van der Waals surface area contributed by atoms with Crippen LogP contribution in [0.4, 0.5) is 9.59 Å². The van der Waals surface area contributed by atoms with Crippen LogP contribution < -0.4 is 0 Å². The van der Waals surface area contributed by atoms with Crippen LogP contribution in [0.3, 0.4) is 0 Å². The summed E-state index contributed by atoms with van der Waals surface area (Å²) in [6.07, 6.45) is 0.610. The van der Waals surface area contributed by atoms with Gasteiger partial charge in [-0.25, -0.2) is 9.59 Å². The Labute approximate surface area is 101 Å².